The monoisotopic (exact) mass is 328 g/mol. The van der Waals surface area contributed by atoms with Crippen LogP contribution in [0.4, 0.5) is 0 Å². The minimum absolute atomic E-state index is 0.105. The molecule has 0 radical (unpaired) electrons. The second-order valence-corrected chi connectivity index (χ2v) is 6.95. The van der Waals surface area contributed by atoms with Gasteiger partial charge in [0.25, 0.3) is 5.91 Å². The zero-order valence-corrected chi connectivity index (χ0v) is 14.0. The maximum atomic E-state index is 12.6. The molecule has 1 aliphatic heterocycles. The topological polar surface area (TPSA) is 79.0 Å². The predicted molar refractivity (Wildman–Crippen MR) is 92.2 cm³/mol. The Morgan fingerprint density at radius 3 is 3.08 bits per heavy atom. The first-order valence-electron chi connectivity index (χ1n) is 8.77. The van der Waals surface area contributed by atoms with Gasteiger partial charge in [0, 0.05) is 18.0 Å². The summed E-state index contributed by atoms with van der Waals surface area (Å²) in [5.74, 6) is 2.78. The summed E-state index contributed by atoms with van der Waals surface area (Å²) in [5.41, 5.74) is 1.27. The van der Waals surface area contributed by atoms with Crippen LogP contribution in [0.3, 0.4) is 0 Å². The van der Waals surface area contributed by atoms with E-state index in [1.54, 1.807) is 7.11 Å². The molecule has 1 saturated carbocycles. The first-order valence-corrected chi connectivity index (χ1v) is 8.77. The highest BCUT2D eigenvalue weighted by Gasteiger charge is 2.38. The third kappa shape index (κ3) is 2.75. The van der Waals surface area contributed by atoms with Gasteiger partial charge in [-0.3, -0.25) is 9.89 Å². The zero-order valence-electron chi connectivity index (χ0n) is 14.0. The predicted octanol–water partition coefficient (Wildman–Crippen LogP) is 1.94. The third-order valence-corrected chi connectivity index (χ3v) is 5.69. The molecule has 3 N–H and O–H groups in total. The van der Waals surface area contributed by atoms with Gasteiger partial charge in [-0.25, -0.2) is 0 Å². The van der Waals surface area contributed by atoms with Crippen molar-refractivity contribution in [2.24, 2.45) is 17.8 Å². The molecule has 3 atom stereocenters. The van der Waals surface area contributed by atoms with Crippen molar-refractivity contribution >= 4 is 16.8 Å². The molecular formula is C18H24N4O2. The van der Waals surface area contributed by atoms with Crippen LogP contribution in [0.1, 0.15) is 29.8 Å². The highest BCUT2D eigenvalue weighted by Crippen LogP contribution is 2.42. The normalized spacial score (nSPS) is 26.3. The second kappa shape index (κ2) is 6.43. The first-order chi connectivity index (χ1) is 11.8. The molecule has 3 unspecified atom stereocenters. The second-order valence-electron chi connectivity index (χ2n) is 6.95. The molecule has 1 saturated heterocycles. The van der Waals surface area contributed by atoms with Crippen molar-refractivity contribution in [1.82, 2.24) is 20.8 Å². The summed E-state index contributed by atoms with van der Waals surface area (Å²) in [5, 5.41) is 14.5. The van der Waals surface area contributed by atoms with E-state index in [1.807, 2.05) is 18.2 Å². The maximum absolute atomic E-state index is 12.6. The molecule has 2 aromatic rings. The summed E-state index contributed by atoms with van der Waals surface area (Å²) >= 11 is 0. The number of amides is 1. The number of aromatic nitrogens is 2. The Morgan fingerprint density at radius 1 is 1.38 bits per heavy atom. The fraction of sp³-hybridized carbons (Fsp3) is 0.556. The molecule has 1 aliphatic carbocycles. The SMILES string of the molecule is COc1ccc2c(C(=O)NCC3CNCCC4CCC43)n[nH]c2c1. The average molecular weight is 328 g/mol. The molecule has 6 nitrogen and oxygen atoms in total. The van der Waals surface area contributed by atoms with Crippen molar-refractivity contribution in [3.63, 3.8) is 0 Å². The van der Waals surface area contributed by atoms with E-state index in [0.29, 0.717) is 11.6 Å². The van der Waals surface area contributed by atoms with Crippen LogP contribution in [0.25, 0.3) is 10.9 Å². The number of nitrogens with one attached hydrogen (secondary N) is 3. The summed E-state index contributed by atoms with van der Waals surface area (Å²) in [6.07, 6.45) is 3.93. The number of rotatable bonds is 4. The molecule has 2 aliphatic rings. The van der Waals surface area contributed by atoms with E-state index < -0.39 is 0 Å². The largest absolute Gasteiger partial charge is 0.497 e. The van der Waals surface area contributed by atoms with E-state index in [1.165, 1.54) is 19.3 Å². The van der Waals surface area contributed by atoms with Gasteiger partial charge in [0.1, 0.15) is 5.75 Å². The minimum atomic E-state index is -0.105. The highest BCUT2D eigenvalue weighted by molar-refractivity contribution is 6.04. The van der Waals surface area contributed by atoms with E-state index in [0.717, 1.165) is 48.1 Å². The van der Waals surface area contributed by atoms with Gasteiger partial charge >= 0.3 is 0 Å². The van der Waals surface area contributed by atoms with Gasteiger partial charge in [-0.05, 0) is 62.2 Å². The van der Waals surface area contributed by atoms with Gasteiger partial charge in [-0.2, -0.15) is 5.10 Å². The molecule has 1 aromatic heterocycles. The maximum Gasteiger partial charge on any atom is 0.272 e. The lowest BCUT2D eigenvalue weighted by atomic mass is 9.66. The van der Waals surface area contributed by atoms with Gasteiger partial charge in [0.05, 0.1) is 12.6 Å². The Bertz CT molecular complexity index is 742. The van der Waals surface area contributed by atoms with Crippen molar-refractivity contribution in [3.8, 4) is 5.75 Å². The molecule has 2 fully saturated rings. The highest BCUT2D eigenvalue weighted by atomic mass is 16.5. The van der Waals surface area contributed by atoms with Gasteiger partial charge in [0.15, 0.2) is 5.69 Å². The van der Waals surface area contributed by atoms with Gasteiger partial charge in [-0.1, -0.05) is 0 Å². The van der Waals surface area contributed by atoms with Crippen LogP contribution in [0.5, 0.6) is 5.75 Å². The Kier molecular flexibility index (Phi) is 4.14. The number of ether oxygens (including phenoxy) is 1. The van der Waals surface area contributed by atoms with Crippen molar-refractivity contribution in [3.05, 3.63) is 23.9 Å². The lowest BCUT2D eigenvalue weighted by Crippen LogP contribution is -2.41. The standard InChI is InChI=1S/C18H24N4O2/c1-24-13-3-5-15-16(8-13)21-22-17(15)18(23)20-10-12-9-19-7-6-11-2-4-14(11)12/h3,5,8,11-12,14,19H,2,4,6-7,9-10H2,1H3,(H,20,23)(H,21,22). The summed E-state index contributed by atoms with van der Waals surface area (Å²) in [6, 6.07) is 5.58. The summed E-state index contributed by atoms with van der Waals surface area (Å²) in [6.45, 7) is 2.83. The molecule has 1 aromatic carbocycles. The lowest BCUT2D eigenvalue weighted by molar-refractivity contribution is 0.0882. The molecule has 4 rings (SSSR count). The zero-order chi connectivity index (χ0) is 16.5. The van der Waals surface area contributed by atoms with Crippen LogP contribution in [0.2, 0.25) is 0 Å². The molecular weight excluding hydrogens is 304 g/mol. The summed E-state index contributed by atoms with van der Waals surface area (Å²) in [4.78, 5) is 12.6. The summed E-state index contributed by atoms with van der Waals surface area (Å²) in [7, 11) is 1.62. The van der Waals surface area contributed by atoms with Gasteiger partial charge in [-0.15, -0.1) is 0 Å². The number of methoxy groups -OCH3 is 1. The number of carbonyl (C=O) groups excluding carboxylic acids is 1. The van der Waals surface area contributed by atoms with Crippen LogP contribution in [0, 0.1) is 17.8 Å². The smallest absolute Gasteiger partial charge is 0.272 e. The molecule has 2 heterocycles. The van der Waals surface area contributed by atoms with Crippen molar-refractivity contribution in [2.75, 3.05) is 26.7 Å². The van der Waals surface area contributed by atoms with E-state index >= 15 is 0 Å². The van der Waals surface area contributed by atoms with Crippen LogP contribution in [-0.4, -0.2) is 42.8 Å². The average Bonchev–Trinajstić information content (AvgIpc) is 2.94. The van der Waals surface area contributed by atoms with Gasteiger partial charge in [0.2, 0.25) is 0 Å². The van der Waals surface area contributed by atoms with Crippen molar-refractivity contribution in [2.45, 2.75) is 19.3 Å². The molecule has 6 heteroatoms. The number of nitrogens with zero attached hydrogens (tertiary/aromatic N) is 1. The quantitative estimate of drug-likeness (QED) is 0.801. The Labute approximate surface area is 141 Å². The molecule has 1 amide bonds. The Morgan fingerprint density at radius 2 is 2.29 bits per heavy atom. The molecule has 24 heavy (non-hydrogen) atoms. The third-order valence-electron chi connectivity index (χ3n) is 5.69. The fourth-order valence-electron chi connectivity index (χ4n) is 4.13. The molecule has 128 valence electrons. The summed E-state index contributed by atoms with van der Waals surface area (Å²) < 4.78 is 5.20. The van der Waals surface area contributed by atoms with Crippen molar-refractivity contribution < 1.29 is 9.53 Å². The number of hydrogen-bond acceptors (Lipinski definition) is 4. The van der Waals surface area contributed by atoms with Crippen LogP contribution >= 0.6 is 0 Å². The fourth-order valence-corrected chi connectivity index (χ4v) is 4.13. The van der Waals surface area contributed by atoms with Crippen LogP contribution in [-0.2, 0) is 0 Å². The van der Waals surface area contributed by atoms with E-state index in [4.69, 9.17) is 4.74 Å². The first kappa shape index (κ1) is 15.4. The van der Waals surface area contributed by atoms with E-state index in [2.05, 4.69) is 20.8 Å². The molecule has 0 spiro atoms. The Hall–Kier alpha value is -2.08. The number of aromatic amines is 1. The lowest BCUT2D eigenvalue weighted by Gasteiger charge is -2.40. The number of fused-ring (bicyclic) bond motifs is 2. The number of hydrogen-bond donors (Lipinski definition) is 3. The van der Waals surface area contributed by atoms with Crippen LogP contribution in [0.15, 0.2) is 18.2 Å². The molecule has 0 bridgehead atoms. The number of benzene rings is 1. The van der Waals surface area contributed by atoms with Gasteiger partial charge < -0.3 is 15.4 Å². The Balaban J connectivity index is 1.44. The number of carbonyl (C=O) groups is 1. The van der Waals surface area contributed by atoms with Crippen LogP contribution < -0.4 is 15.4 Å². The van der Waals surface area contributed by atoms with Crippen molar-refractivity contribution in [1.29, 1.82) is 0 Å². The van der Waals surface area contributed by atoms with E-state index in [-0.39, 0.29) is 5.91 Å². The number of H-pyrrole nitrogens is 1. The van der Waals surface area contributed by atoms with E-state index in [9.17, 15) is 4.79 Å². The minimum Gasteiger partial charge on any atom is -0.497 e.